The molecule has 0 saturated heterocycles. The Balaban J connectivity index is 1.76. The van der Waals surface area contributed by atoms with Gasteiger partial charge in [-0.2, -0.15) is 0 Å². The summed E-state index contributed by atoms with van der Waals surface area (Å²) in [5.74, 6) is -1.15. The number of carbonyl (C=O) groups is 2. The van der Waals surface area contributed by atoms with Gasteiger partial charge in [0.2, 0.25) is 5.78 Å². The van der Waals surface area contributed by atoms with Crippen molar-refractivity contribution in [2.24, 2.45) is 0 Å². The predicted octanol–water partition coefficient (Wildman–Crippen LogP) is 4.08. The second-order valence-corrected chi connectivity index (χ2v) is 6.69. The van der Waals surface area contributed by atoms with Gasteiger partial charge in [-0.05, 0) is 44.2 Å². The molecule has 30 heavy (non-hydrogen) atoms. The van der Waals surface area contributed by atoms with Gasteiger partial charge in [-0.1, -0.05) is 18.2 Å². The number of nitro groups is 1. The number of hydrogen-bond donors (Lipinski definition) is 1. The van der Waals surface area contributed by atoms with E-state index in [-0.39, 0.29) is 22.7 Å². The number of nitrogens with one attached hydrogen (secondary N) is 1. The van der Waals surface area contributed by atoms with Gasteiger partial charge in [0.25, 0.3) is 5.69 Å². The summed E-state index contributed by atoms with van der Waals surface area (Å²) in [6.45, 7) is 3.26. The van der Waals surface area contributed by atoms with E-state index < -0.39 is 17.5 Å². The van der Waals surface area contributed by atoms with Crippen LogP contribution in [0.25, 0.3) is 5.69 Å². The number of hydrogen-bond acceptors (Lipinski definition) is 6. The highest BCUT2D eigenvalue weighted by molar-refractivity contribution is 6.00. The lowest BCUT2D eigenvalue weighted by Crippen LogP contribution is -2.15. The van der Waals surface area contributed by atoms with Crippen LogP contribution in [0.1, 0.15) is 32.1 Å². The zero-order valence-corrected chi connectivity index (χ0v) is 16.8. The Morgan fingerprint density at radius 1 is 1.10 bits per heavy atom. The highest BCUT2D eigenvalue weighted by atomic mass is 16.6. The lowest BCUT2D eigenvalue weighted by molar-refractivity contribution is -0.384. The van der Waals surface area contributed by atoms with E-state index in [4.69, 9.17) is 4.74 Å². The molecule has 0 unspecified atom stereocenters. The number of aromatic nitrogens is 1. The molecule has 8 heteroatoms. The van der Waals surface area contributed by atoms with E-state index in [9.17, 15) is 19.7 Å². The third-order valence-electron chi connectivity index (χ3n) is 4.78. The number of ether oxygens (including phenoxy) is 1. The topological polar surface area (TPSA) is 103 Å². The van der Waals surface area contributed by atoms with Gasteiger partial charge in [0.1, 0.15) is 5.69 Å². The summed E-state index contributed by atoms with van der Waals surface area (Å²) in [4.78, 5) is 35.5. The molecule has 0 aliphatic carbocycles. The first-order chi connectivity index (χ1) is 14.3. The highest BCUT2D eigenvalue weighted by Gasteiger charge is 2.21. The fourth-order valence-corrected chi connectivity index (χ4v) is 3.33. The van der Waals surface area contributed by atoms with Gasteiger partial charge in [0, 0.05) is 35.8 Å². The fraction of sp³-hybridized carbons (Fsp3) is 0.182. The lowest BCUT2D eigenvalue weighted by atomic mass is 10.1. The van der Waals surface area contributed by atoms with Crippen molar-refractivity contribution in [3.63, 3.8) is 0 Å². The number of benzene rings is 2. The van der Waals surface area contributed by atoms with Gasteiger partial charge < -0.3 is 14.6 Å². The number of nitro benzene ring substituents is 1. The van der Waals surface area contributed by atoms with Gasteiger partial charge in [-0.3, -0.25) is 14.9 Å². The number of anilines is 1. The Kier molecular flexibility index (Phi) is 5.96. The summed E-state index contributed by atoms with van der Waals surface area (Å²) < 4.78 is 7.07. The van der Waals surface area contributed by atoms with E-state index in [1.54, 1.807) is 13.1 Å². The van der Waals surface area contributed by atoms with Crippen LogP contribution in [-0.4, -0.2) is 34.9 Å². The van der Waals surface area contributed by atoms with Crippen molar-refractivity contribution in [2.45, 2.75) is 13.8 Å². The standard InChI is InChI=1S/C22H21N3O5/c1-14-11-18(15(2)24(14)17-7-5-4-6-8-17)21(26)13-30-22(27)16-9-10-19(23-3)20(12-16)25(28)29/h4-12,23H,13H2,1-3H3. The number of ketones is 1. The van der Waals surface area contributed by atoms with Gasteiger partial charge in [0.05, 0.1) is 10.5 Å². The van der Waals surface area contributed by atoms with E-state index in [0.717, 1.165) is 23.1 Å². The molecular formula is C22H21N3O5. The maximum atomic E-state index is 12.7. The number of nitrogens with zero attached hydrogens (tertiary/aromatic N) is 2. The van der Waals surface area contributed by atoms with Gasteiger partial charge in [-0.25, -0.2) is 4.79 Å². The highest BCUT2D eigenvalue weighted by Crippen LogP contribution is 2.25. The van der Waals surface area contributed by atoms with Crippen molar-refractivity contribution in [1.29, 1.82) is 0 Å². The summed E-state index contributed by atoms with van der Waals surface area (Å²) in [7, 11) is 1.55. The van der Waals surface area contributed by atoms with Crippen molar-refractivity contribution < 1.29 is 19.2 Å². The number of para-hydroxylation sites is 1. The van der Waals surface area contributed by atoms with Crippen molar-refractivity contribution in [3.8, 4) is 5.69 Å². The van der Waals surface area contributed by atoms with Crippen LogP contribution in [0.3, 0.4) is 0 Å². The first-order valence-corrected chi connectivity index (χ1v) is 9.24. The maximum Gasteiger partial charge on any atom is 0.338 e. The molecule has 3 rings (SSSR count). The van der Waals surface area contributed by atoms with Crippen LogP contribution in [0.4, 0.5) is 11.4 Å². The van der Waals surface area contributed by atoms with Crippen LogP contribution >= 0.6 is 0 Å². The van der Waals surface area contributed by atoms with Gasteiger partial charge in [-0.15, -0.1) is 0 Å². The van der Waals surface area contributed by atoms with Crippen LogP contribution in [0.15, 0.2) is 54.6 Å². The van der Waals surface area contributed by atoms with E-state index in [0.29, 0.717) is 5.56 Å². The first kappa shape index (κ1) is 20.8. The number of Topliss-reactive ketones (excluding diaryl/α,β-unsaturated/α-hetero) is 1. The Morgan fingerprint density at radius 3 is 2.43 bits per heavy atom. The minimum absolute atomic E-state index is 0.00302. The molecule has 0 atom stereocenters. The second-order valence-electron chi connectivity index (χ2n) is 6.69. The molecule has 0 bridgehead atoms. The maximum absolute atomic E-state index is 12.7. The van der Waals surface area contributed by atoms with Crippen molar-refractivity contribution in [2.75, 3.05) is 19.0 Å². The van der Waals surface area contributed by atoms with E-state index in [2.05, 4.69) is 5.32 Å². The molecule has 0 amide bonds. The molecule has 154 valence electrons. The van der Waals surface area contributed by atoms with E-state index in [1.165, 1.54) is 12.1 Å². The largest absolute Gasteiger partial charge is 0.454 e. The molecule has 0 fully saturated rings. The summed E-state index contributed by atoms with van der Waals surface area (Å²) in [6, 6.07) is 15.3. The molecule has 2 aromatic carbocycles. The molecular weight excluding hydrogens is 386 g/mol. The van der Waals surface area contributed by atoms with E-state index >= 15 is 0 Å². The van der Waals surface area contributed by atoms with Gasteiger partial charge in [0.15, 0.2) is 6.61 Å². The monoisotopic (exact) mass is 407 g/mol. The third kappa shape index (κ3) is 4.07. The molecule has 3 aromatic rings. The van der Waals surface area contributed by atoms with Crippen LogP contribution < -0.4 is 5.32 Å². The number of esters is 1. The Labute approximate surface area is 173 Å². The van der Waals surface area contributed by atoms with Crippen LogP contribution in [0, 0.1) is 24.0 Å². The van der Waals surface area contributed by atoms with Crippen LogP contribution in [0.2, 0.25) is 0 Å². The van der Waals surface area contributed by atoms with Gasteiger partial charge >= 0.3 is 5.97 Å². The third-order valence-corrected chi connectivity index (χ3v) is 4.78. The van der Waals surface area contributed by atoms with Crippen molar-refractivity contribution in [1.82, 2.24) is 4.57 Å². The fourth-order valence-electron chi connectivity index (χ4n) is 3.33. The molecule has 0 aliphatic heterocycles. The summed E-state index contributed by atoms with van der Waals surface area (Å²) in [5, 5.41) is 13.8. The molecule has 8 nitrogen and oxygen atoms in total. The number of carbonyl (C=O) groups excluding carboxylic acids is 2. The minimum Gasteiger partial charge on any atom is -0.454 e. The SMILES string of the molecule is CNc1ccc(C(=O)OCC(=O)c2cc(C)n(-c3ccccc3)c2C)cc1[N+](=O)[O-]. The molecule has 1 heterocycles. The number of rotatable bonds is 7. The average molecular weight is 407 g/mol. The second kappa shape index (κ2) is 8.60. The summed E-state index contributed by atoms with van der Waals surface area (Å²) in [6.07, 6.45) is 0. The number of aryl methyl sites for hydroxylation is 1. The Hall–Kier alpha value is -3.94. The lowest BCUT2D eigenvalue weighted by Gasteiger charge is -2.10. The molecule has 1 aromatic heterocycles. The molecule has 0 spiro atoms. The summed E-state index contributed by atoms with van der Waals surface area (Å²) in [5.41, 5.74) is 3.05. The summed E-state index contributed by atoms with van der Waals surface area (Å²) >= 11 is 0. The zero-order valence-electron chi connectivity index (χ0n) is 16.8. The zero-order chi connectivity index (χ0) is 21.8. The van der Waals surface area contributed by atoms with E-state index in [1.807, 2.05) is 48.7 Å². The smallest absolute Gasteiger partial charge is 0.338 e. The molecule has 0 radical (unpaired) electrons. The van der Waals surface area contributed by atoms with Crippen molar-refractivity contribution in [3.05, 3.63) is 87.2 Å². The Bertz CT molecular complexity index is 1120. The quantitative estimate of drug-likeness (QED) is 0.274. The average Bonchev–Trinajstić information content (AvgIpc) is 3.05. The molecule has 1 N–H and O–H groups in total. The molecule has 0 saturated carbocycles. The normalized spacial score (nSPS) is 10.5. The van der Waals surface area contributed by atoms with Crippen LogP contribution in [0.5, 0.6) is 0 Å². The minimum atomic E-state index is -0.800. The van der Waals surface area contributed by atoms with Crippen LogP contribution in [-0.2, 0) is 4.74 Å². The first-order valence-electron chi connectivity index (χ1n) is 9.24. The Morgan fingerprint density at radius 2 is 1.80 bits per heavy atom. The predicted molar refractivity (Wildman–Crippen MR) is 112 cm³/mol. The van der Waals surface area contributed by atoms with Crippen molar-refractivity contribution >= 4 is 23.1 Å². The molecule has 0 aliphatic rings.